The minimum Gasteiger partial charge on any atom is -0.360 e. The van der Waals surface area contributed by atoms with Gasteiger partial charge in [-0.1, -0.05) is 19.8 Å². The van der Waals surface area contributed by atoms with Gasteiger partial charge in [0.25, 0.3) is 0 Å². The molecule has 1 amide bonds. The maximum Gasteiger partial charge on any atom is 0.412 e. The Balaban J connectivity index is 4.08. The van der Waals surface area contributed by atoms with Crippen LogP contribution >= 0.6 is 0 Å². The van der Waals surface area contributed by atoms with E-state index in [1.54, 1.807) is 0 Å². The van der Waals surface area contributed by atoms with Crippen LogP contribution in [0.25, 0.3) is 0 Å². The fourth-order valence-corrected chi connectivity index (χ4v) is 1.68. The molecular weight excluding hydrogens is 210 g/mol. The average molecular weight is 223 g/mol. The number of nitrogens with two attached hydrogens (primary N) is 1. The third-order valence-corrected chi connectivity index (χ3v) is 2.60. The van der Waals surface area contributed by atoms with Crippen LogP contribution < -0.4 is 5.73 Å². The van der Waals surface area contributed by atoms with E-state index < -0.39 is 22.0 Å². The topological polar surface area (TPSA) is 104 Å². The molecule has 6 nitrogen and oxygen atoms in total. The van der Waals surface area contributed by atoms with Crippen molar-refractivity contribution in [1.29, 1.82) is 0 Å². The third-order valence-electron chi connectivity index (χ3n) is 1.40. The van der Waals surface area contributed by atoms with Gasteiger partial charge in [-0.2, -0.15) is 8.42 Å². The molecule has 0 fully saturated rings. The van der Waals surface area contributed by atoms with Crippen molar-refractivity contribution in [3.05, 3.63) is 0 Å². The number of rotatable bonds is 5. The summed E-state index contributed by atoms with van der Waals surface area (Å²) in [5.41, 5.74) is 4.52. The molecule has 0 saturated heterocycles. The van der Waals surface area contributed by atoms with Gasteiger partial charge in [-0.05, 0) is 6.42 Å². The first-order chi connectivity index (χ1) is 6.39. The molecule has 0 spiro atoms. The Morgan fingerprint density at radius 1 is 1.29 bits per heavy atom. The van der Waals surface area contributed by atoms with Crippen molar-refractivity contribution < 1.29 is 22.2 Å². The Hall–Kier alpha value is -1.11. The van der Waals surface area contributed by atoms with Gasteiger partial charge in [0, 0.05) is 0 Å². The SMILES string of the molecule is CCCCCS(=O)(=O)OC(=O)C(N)=O. The Morgan fingerprint density at radius 3 is 2.29 bits per heavy atom. The van der Waals surface area contributed by atoms with Crippen LogP contribution in [0.3, 0.4) is 0 Å². The average Bonchev–Trinajstić information content (AvgIpc) is 2.03. The van der Waals surface area contributed by atoms with Gasteiger partial charge in [0.15, 0.2) is 0 Å². The minimum absolute atomic E-state index is 0.278. The molecule has 0 unspecified atom stereocenters. The quantitative estimate of drug-likeness (QED) is 0.385. The van der Waals surface area contributed by atoms with Crippen LogP contribution in [0.1, 0.15) is 26.2 Å². The van der Waals surface area contributed by atoms with E-state index in [0.29, 0.717) is 12.8 Å². The molecule has 0 aliphatic rings. The largest absolute Gasteiger partial charge is 0.412 e. The highest BCUT2D eigenvalue weighted by molar-refractivity contribution is 7.87. The maximum absolute atomic E-state index is 11.0. The number of carbonyl (C=O) groups is 2. The molecule has 0 aliphatic carbocycles. The zero-order valence-corrected chi connectivity index (χ0v) is 8.67. The summed E-state index contributed by atoms with van der Waals surface area (Å²) in [6.07, 6.45) is 1.96. The molecule has 7 heteroatoms. The number of carbonyl (C=O) groups excluding carboxylic acids is 2. The lowest BCUT2D eigenvalue weighted by Gasteiger charge is -2.02. The molecule has 0 aromatic carbocycles. The van der Waals surface area contributed by atoms with Crippen LogP contribution in [0.5, 0.6) is 0 Å². The zero-order chi connectivity index (χ0) is 11.2. The van der Waals surface area contributed by atoms with Crippen molar-refractivity contribution in [3.63, 3.8) is 0 Å². The van der Waals surface area contributed by atoms with Crippen LogP contribution in [0.4, 0.5) is 0 Å². The number of hydrogen-bond donors (Lipinski definition) is 1. The van der Waals surface area contributed by atoms with Gasteiger partial charge >= 0.3 is 22.0 Å². The van der Waals surface area contributed by atoms with Gasteiger partial charge in [-0.25, -0.2) is 4.79 Å². The highest BCUT2D eigenvalue weighted by atomic mass is 32.2. The van der Waals surface area contributed by atoms with E-state index in [1.807, 2.05) is 6.92 Å². The highest BCUT2D eigenvalue weighted by Gasteiger charge is 2.20. The summed E-state index contributed by atoms with van der Waals surface area (Å²) in [6, 6.07) is 0. The summed E-state index contributed by atoms with van der Waals surface area (Å²) >= 11 is 0. The Labute approximate surface area is 82.5 Å². The van der Waals surface area contributed by atoms with Crippen molar-refractivity contribution in [2.24, 2.45) is 5.73 Å². The molecule has 0 radical (unpaired) electrons. The second-order valence-electron chi connectivity index (χ2n) is 2.70. The van der Waals surface area contributed by atoms with E-state index in [2.05, 4.69) is 9.92 Å². The smallest absolute Gasteiger partial charge is 0.360 e. The van der Waals surface area contributed by atoms with Gasteiger partial charge in [-0.15, -0.1) is 0 Å². The fraction of sp³-hybridized carbons (Fsp3) is 0.714. The summed E-state index contributed by atoms with van der Waals surface area (Å²) in [5, 5.41) is 0. The monoisotopic (exact) mass is 223 g/mol. The number of hydrogen-bond acceptors (Lipinski definition) is 5. The highest BCUT2D eigenvalue weighted by Crippen LogP contribution is 2.01. The second-order valence-corrected chi connectivity index (χ2v) is 4.39. The molecular formula is C7H13NO5S. The molecule has 0 saturated carbocycles. The van der Waals surface area contributed by atoms with Crippen LogP contribution in [-0.4, -0.2) is 26.0 Å². The predicted molar refractivity (Wildman–Crippen MR) is 48.6 cm³/mol. The van der Waals surface area contributed by atoms with E-state index in [4.69, 9.17) is 0 Å². The van der Waals surface area contributed by atoms with E-state index in [0.717, 1.165) is 6.42 Å². The molecule has 0 aromatic rings. The molecule has 82 valence electrons. The Bertz CT molecular complexity index is 308. The fourth-order valence-electron chi connectivity index (χ4n) is 0.727. The first kappa shape index (κ1) is 12.9. The number of unbranched alkanes of at least 4 members (excludes halogenated alkanes) is 2. The minimum atomic E-state index is -3.95. The van der Waals surface area contributed by atoms with Crippen molar-refractivity contribution in [3.8, 4) is 0 Å². The zero-order valence-electron chi connectivity index (χ0n) is 7.86. The summed E-state index contributed by atoms with van der Waals surface area (Å²) in [5.74, 6) is -3.23. The lowest BCUT2D eigenvalue weighted by Crippen LogP contribution is -2.28. The summed E-state index contributed by atoms with van der Waals surface area (Å²) in [7, 11) is -3.95. The second kappa shape index (κ2) is 5.58. The molecule has 0 heterocycles. The van der Waals surface area contributed by atoms with Crippen LogP contribution in [-0.2, 0) is 23.9 Å². The molecule has 0 rings (SSSR count). The van der Waals surface area contributed by atoms with Gasteiger partial charge < -0.3 is 9.92 Å². The first-order valence-electron chi connectivity index (χ1n) is 4.15. The van der Waals surface area contributed by atoms with Crippen LogP contribution in [0.2, 0.25) is 0 Å². The van der Waals surface area contributed by atoms with Crippen molar-refractivity contribution in [2.75, 3.05) is 5.75 Å². The van der Waals surface area contributed by atoms with E-state index in [9.17, 15) is 18.0 Å². The normalized spacial score (nSPS) is 10.9. The molecule has 2 N–H and O–H groups in total. The molecule has 0 aliphatic heterocycles. The van der Waals surface area contributed by atoms with Crippen molar-refractivity contribution in [2.45, 2.75) is 26.2 Å². The standard InChI is InChI=1S/C7H13NO5S/c1-2-3-4-5-14(11,12)13-7(10)6(8)9/h2-5H2,1H3,(H2,8,9). The van der Waals surface area contributed by atoms with Crippen molar-refractivity contribution in [1.82, 2.24) is 0 Å². The van der Waals surface area contributed by atoms with Crippen LogP contribution in [0, 0.1) is 0 Å². The molecule has 14 heavy (non-hydrogen) atoms. The number of primary amides is 1. The van der Waals surface area contributed by atoms with Gasteiger partial charge in [0.2, 0.25) is 0 Å². The van der Waals surface area contributed by atoms with E-state index in [1.165, 1.54) is 0 Å². The number of amides is 1. The lowest BCUT2D eigenvalue weighted by atomic mass is 10.3. The summed E-state index contributed by atoms with van der Waals surface area (Å²) < 4.78 is 25.8. The third kappa shape index (κ3) is 5.52. The van der Waals surface area contributed by atoms with Gasteiger partial charge in [0.1, 0.15) is 0 Å². The maximum atomic E-state index is 11.0. The summed E-state index contributed by atoms with van der Waals surface area (Å²) in [6.45, 7) is 1.90. The van der Waals surface area contributed by atoms with Crippen LogP contribution in [0.15, 0.2) is 0 Å². The van der Waals surface area contributed by atoms with Crippen molar-refractivity contribution >= 4 is 22.0 Å². The van der Waals surface area contributed by atoms with Gasteiger partial charge in [0.05, 0.1) is 5.75 Å². The molecule has 0 bridgehead atoms. The first-order valence-corrected chi connectivity index (χ1v) is 5.72. The Kier molecular flexibility index (Phi) is 5.14. The molecule has 0 aromatic heterocycles. The summed E-state index contributed by atoms with van der Waals surface area (Å²) in [4.78, 5) is 20.7. The van der Waals surface area contributed by atoms with Gasteiger partial charge in [-0.3, -0.25) is 4.79 Å². The van der Waals surface area contributed by atoms with E-state index >= 15 is 0 Å². The van der Waals surface area contributed by atoms with E-state index in [-0.39, 0.29) is 5.75 Å². The Morgan fingerprint density at radius 2 is 1.86 bits per heavy atom. The molecule has 0 atom stereocenters. The lowest BCUT2D eigenvalue weighted by molar-refractivity contribution is -0.146. The predicted octanol–water partition coefficient (Wildman–Crippen LogP) is -0.465.